The van der Waals surface area contributed by atoms with E-state index in [1.807, 2.05) is 0 Å². The third-order valence-corrected chi connectivity index (χ3v) is 2.42. The molecule has 0 radical (unpaired) electrons. The van der Waals surface area contributed by atoms with Crippen molar-refractivity contribution in [3.8, 4) is 0 Å². The Morgan fingerprint density at radius 2 is 1.92 bits per heavy atom. The van der Waals surface area contributed by atoms with Crippen LogP contribution in [0.25, 0.3) is 0 Å². The van der Waals surface area contributed by atoms with Gasteiger partial charge in [0.25, 0.3) is 0 Å². The standard InChI is InChI=1S/C9H9ClO2S/c1-13(12)6-9(11)7-2-4-8(10)5-3-7/h2-5H,6H2,1H3. The zero-order chi connectivity index (χ0) is 9.84. The third kappa shape index (κ3) is 3.28. The van der Waals surface area contributed by atoms with Crippen LogP contribution in [0.3, 0.4) is 0 Å². The number of Topliss-reactive ketones (excluding diaryl/α,β-unsaturated/α-hetero) is 1. The van der Waals surface area contributed by atoms with Crippen molar-refractivity contribution in [3.63, 3.8) is 0 Å². The molecular weight excluding hydrogens is 208 g/mol. The molecule has 0 aliphatic heterocycles. The summed E-state index contributed by atoms with van der Waals surface area (Å²) in [6, 6.07) is 6.57. The molecule has 1 aromatic carbocycles. The molecule has 0 N–H and O–H groups in total. The summed E-state index contributed by atoms with van der Waals surface area (Å²) >= 11 is 5.65. The van der Waals surface area contributed by atoms with E-state index < -0.39 is 10.8 Å². The number of hydrogen-bond donors (Lipinski definition) is 0. The van der Waals surface area contributed by atoms with Crippen molar-refractivity contribution in [2.45, 2.75) is 0 Å². The minimum Gasteiger partial charge on any atom is -0.293 e. The molecule has 0 heterocycles. The van der Waals surface area contributed by atoms with E-state index in [4.69, 9.17) is 11.6 Å². The molecule has 13 heavy (non-hydrogen) atoms. The molecular formula is C9H9ClO2S. The quantitative estimate of drug-likeness (QED) is 0.724. The molecule has 0 bridgehead atoms. The normalized spacial score (nSPS) is 12.5. The Morgan fingerprint density at radius 1 is 1.38 bits per heavy atom. The summed E-state index contributed by atoms with van der Waals surface area (Å²) in [5.41, 5.74) is 0.555. The van der Waals surface area contributed by atoms with Crippen LogP contribution in [0, 0.1) is 0 Å². The van der Waals surface area contributed by atoms with Crippen LogP contribution in [-0.2, 0) is 10.8 Å². The lowest BCUT2D eigenvalue weighted by molar-refractivity contribution is 0.102. The molecule has 0 aromatic heterocycles. The van der Waals surface area contributed by atoms with Gasteiger partial charge >= 0.3 is 0 Å². The fourth-order valence-corrected chi connectivity index (χ4v) is 1.57. The van der Waals surface area contributed by atoms with Gasteiger partial charge in [0.2, 0.25) is 0 Å². The van der Waals surface area contributed by atoms with Gasteiger partial charge in [-0.3, -0.25) is 9.00 Å². The van der Waals surface area contributed by atoms with Gasteiger partial charge in [-0.25, -0.2) is 0 Å². The van der Waals surface area contributed by atoms with Gasteiger partial charge in [-0.2, -0.15) is 0 Å². The molecule has 0 saturated heterocycles. The summed E-state index contributed by atoms with van der Waals surface area (Å²) < 4.78 is 10.8. The summed E-state index contributed by atoms with van der Waals surface area (Å²) in [6.07, 6.45) is 1.51. The van der Waals surface area contributed by atoms with Crippen molar-refractivity contribution >= 4 is 28.2 Å². The van der Waals surface area contributed by atoms with E-state index in [0.717, 1.165) is 0 Å². The molecule has 4 heteroatoms. The summed E-state index contributed by atoms with van der Waals surface area (Å²) in [4.78, 5) is 11.3. The Kier molecular flexibility index (Phi) is 3.63. The van der Waals surface area contributed by atoms with Gasteiger partial charge in [-0.1, -0.05) is 11.6 Å². The average Bonchev–Trinajstić information content (AvgIpc) is 2.04. The van der Waals surface area contributed by atoms with E-state index in [9.17, 15) is 9.00 Å². The van der Waals surface area contributed by atoms with Crippen molar-refractivity contribution < 1.29 is 9.00 Å². The van der Waals surface area contributed by atoms with Gasteiger partial charge in [0.1, 0.15) is 0 Å². The fraction of sp³-hybridized carbons (Fsp3) is 0.222. The van der Waals surface area contributed by atoms with E-state index in [1.54, 1.807) is 24.3 Å². The van der Waals surface area contributed by atoms with E-state index in [1.165, 1.54) is 6.26 Å². The topological polar surface area (TPSA) is 34.1 Å². The summed E-state index contributed by atoms with van der Waals surface area (Å²) in [5.74, 6) is -0.0424. The second-order valence-electron chi connectivity index (χ2n) is 2.65. The molecule has 1 unspecified atom stereocenters. The fourth-order valence-electron chi connectivity index (χ4n) is 0.904. The van der Waals surface area contributed by atoms with Crippen molar-refractivity contribution in [1.82, 2.24) is 0 Å². The number of benzene rings is 1. The predicted molar refractivity (Wildman–Crippen MR) is 54.7 cm³/mol. The van der Waals surface area contributed by atoms with Crippen LogP contribution in [0.5, 0.6) is 0 Å². The molecule has 0 aliphatic rings. The number of ketones is 1. The first-order valence-corrected chi connectivity index (χ1v) is 5.79. The SMILES string of the molecule is CS(=O)CC(=O)c1ccc(Cl)cc1. The maximum Gasteiger partial charge on any atom is 0.175 e. The largest absolute Gasteiger partial charge is 0.293 e. The second kappa shape index (κ2) is 4.53. The van der Waals surface area contributed by atoms with Gasteiger partial charge in [0.15, 0.2) is 5.78 Å². The maximum absolute atomic E-state index is 11.3. The minimum absolute atomic E-state index is 0.0711. The van der Waals surface area contributed by atoms with Crippen LogP contribution in [-0.4, -0.2) is 22.0 Å². The van der Waals surface area contributed by atoms with Crippen LogP contribution in [0.1, 0.15) is 10.4 Å². The summed E-state index contributed by atoms with van der Waals surface area (Å²) in [5, 5.41) is 0.592. The van der Waals surface area contributed by atoms with Crippen molar-refractivity contribution in [3.05, 3.63) is 34.9 Å². The highest BCUT2D eigenvalue weighted by Gasteiger charge is 2.06. The highest BCUT2D eigenvalue weighted by Crippen LogP contribution is 2.10. The molecule has 0 fully saturated rings. The monoisotopic (exact) mass is 216 g/mol. The number of carbonyl (C=O) groups is 1. The lowest BCUT2D eigenvalue weighted by atomic mass is 10.1. The highest BCUT2D eigenvalue weighted by molar-refractivity contribution is 7.85. The zero-order valence-corrected chi connectivity index (χ0v) is 8.69. The molecule has 1 rings (SSSR count). The van der Waals surface area contributed by atoms with Crippen LogP contribution < -0.4 is 0 Å². The van der Waals surface area contributed by atoms with Crippen LogP contribution in [0.4, 0.5) is 0 Å². The molecule has 0 saturated carbocycles. The number of hydrogen-bond acceptors (Lipinski definition) is 2. The van der Waals surface area contributed by atoms with Gasteiger partial charge in [-0.15, -0.1) is 0 Å². The molecule has 0 amide bonds. The van der Waals surface area contributed by atoms with Crippen molar-refractivity contribution in [2.75, 3.05) is 12.0 Å². The Bertz CT molecular complexity index is 332. The first-order chi connectivity index (χ1) is 6.09. The number of halogens is 1. The average molecular weight is 217 g/mol. The number of rotatable bonds is 3. The van der Waals surface area contributed by atoms with Crippen LogP contribution in [0.15, 0.2) is 24.3 Å². The predicted octanol–water partition coefficient (Wildman–Crippen LogP) is 1.90. The Hall–Kier alpha value is -0.670. The molecule has 1 aromatic rings. The maximum atomic E-state index is 11.3. The van der Waals surface area contributed by atoms with Crippen LogP contribution >= 0.6 is 11.6 Å². The number of carbonyl (C=O) groups excluding carboxylic acids is 1. The summed E-state index contributed by atoms with van der Waals surface area (Å²) in [7, 11) is -1.08. The Balaban J connectivity index is 2.78. The molecule has 1 atom stereocenters. The smallest absolute Gasteiger partial charge is 0.175 e. The van der Waals surface area contributed by atoms with Crippen LogP contribution in [0.2, 0.25) is 5.02 Å². The van der Waals surface area contributed by atoms with E-state index in [0.29, 0.717) is 10.6 Å². The first-order valence-electron chi connectivity index (χ1n) is 3.68. The lowest BCUT2D eigenvalue weighted by Gasteiger charge is -1.98. The highest BCUT2D eigenvalue weighted by atomic mass is 35.5. The zero-order valence-electron chi connectivity index (χ0n) is 7.12. The Morgan fingerprint density at radius 3 is 2.38 bits per heavy atom. The van der Waals surface area contributed by atoms with Gasteiger partial charge in [0.05, 0.1) is 5.75 Å². The molecule has 2 nitrogen and oxygen atoms in total. The third-order valence-electron chi connectivity index (χ3n) is 1.50. The van der Waals surface area contributed by atoms with E-state index in [2.05, 4.69) is 0 Å². The molecule has 70 valence electrons. The van der Waals surface area contributed by atoms with Gasteiger partial charge < -0.3 is 0 Å². The minimum atomic E-state index is -1.08. The Labute approximate surface area is 84.4 Å². The lowest BCUT2D eigenvalue weighted by Crippen LogP contribution is -2.09. The van der Waals surface area contributed by atoms with Crippen molar-refractivity contribution in [2.24, 2.45) is 0 Å². The van der Waals surface area contributed by atoms with Crippen molar-refractivity contribution in [1.29, 1.82) is 0 Å². The van der Waals surface area contributed by atoms with E-state index in [-0.39, 0.29) is 11.5 Å². The summed E-state index contributed by atoms with van der Waals surface area (Å²) in [6.45, 7) is 0. The van der Waals surface area contributed by atoms with E-state index >= 15 is 0 Å². The molecule has 0 spiro atoms. The van der Waals surface area contributed by atoms with Gasteiger partial charge in [0, 0.05) is 27.6 Å². The molecule has 0 aliphatic carbocycles. The first kappa shape index (κ1) is 10.4. The second-order valence-corrected chi connectivity index (χ2v) is 4.52. The van der Waals surface area contributed by atoms with Gasteiger partial charge in [-0.05, 0) is 24.3 Å².